The quantitative estimate of drug-likeness (QED) is 0.893. The molecule has 3 rings (SSSR count). The van der Waals surface area contributed by atoms with E-state index in [-0.39, 0.29) is 11.5 Å². The first-order valence-corrected chi connectivity index (χ1v) is 9.62. The molecule has 2 aliphatic rings. The van der Waals surface area contributed by atoms with Crippen LogP contribution in [0.2, 0.25) is 0 Å². The number of nitrogens with one attached hydrogen (secondary N) is 1. The Morgan fingerprint density at radius 1 is 1.25 bits per heavy atom. The number of benzene rings is 1. The van der Waals surface area contributed by atoms with Gasteiger partial charge in [0, 0.05) is 35.8 Å². The lowest BCUT2D eigenvalue weighted by atomic mass is 10.2. The van der Waals surface area contributed by atoms with Crippen molar-refractivity contribution in [2.24, 2.45) is 0 Å². The first-order chi connectivity index (χ1) is 9.53. The van der Waals surface area contributed by atoms with Crippen LogP contribution in [-0.2, 0) is 16.4 Å². The van der Waals surface area contributed by atoms with Crippen molar-refractivity contribution >= 4 is 31.5 Å². The summed E-state index contributed by atoms with van der Waals surface area (Å²) in [6.07, 6.45) is 2.58. The summed E-state index contributed by atoms with van der Waals surface area (Å²) in [4.78, 5) is 2.14. The number of hydrogen-bond donors (Lipinski definition) is 1. The summed E-state index contributed by atoms with van der Waals surface area (Å²) in [5, 5.41) is 3.50. The van der Waals surface area contributed by atoms with E-state index < -0.39 is 9.84 Å². The molecule has 0 unspecified atom stereocenters. The average molecular weight is 359 g/mol. The van der Waals surface area contributed by atoms with Gasteiger partial charge in [-0.1, -0.05) is 22.0 Å². The summed E-state index contributed by atoms with van der Waals surface area (Å²) in [5.41, 5.74) is 2.35. The number of rotatable bonds is 4. The van der Waals surface area contributed by atoms with Gasteiger partial charge in [-0.3, -0.25) is 0 Å². The van der Waals surface area contributed by atoms with Gasteiger partial charge in [-0.15, -0.1) is 0 Å². The largest absolute Gasteiger partial charge is 0.369 e. The van der Waals surface area contributed by atoms with E-state index in [0.717, 1.165) is 16.7 Å². The zero-order valence-electron chi connectivity index (χ0n) is 11.3. The van der Waals surface area contributed by atoms with Crippen LogP contribution < -0.4 is 10.2 Å². The molecule has 1 saturated heterocycles. The van der Waals surface area contributed by atoms with Crippen LogP contribution >= 0.6 is 15.9 Å². The normalized spacial score (nSPS) is 21.9. The van der Waals surface area contributed by atoms with Crippen molar-refractivity contribution < 1.29 is 8.42 Å². The van der Waals surface area contributed by atoms with Gasteiger partial charge in [0.2, 0.25) is 0 Å². The molecule has 0 amide bonds. The van der Waals surface area contributed by atoms with Crippen molar-refractivity contribution in [3.63, 3.8) is 0 Å². The summed E-state index contributed by atoms with van der Waals surface area (Å²) in [5.74, 6) is 0.519. The van der Waals surface area contributed by atoms with Crippen LogP contribution in [0.5, 0.6) is 0 Å². The predicted molar refractivity (Wildman–Crippen MR) is 84.9 cm³/mol. The van der Waals surface area contributed by atoms with Crippen molar-refractivity contribution in [3.05, 3.63) is 28.2 Å². The van der Waals surface area contributed by atoms with Gasteiger partial charge in [-0.2, -0.15) is 0 Å². The van der Waals surface area contributed by atoms with E-state index in [9.17, 15) is 8.42 Å². The van der Waals surface area contributed by atoms with Crippen molar-refractivity contribution in [2.75, 3.05) is 29.5 Å². The third kappa shape index (κ3) is 3.54. The van der Waals surface area contributed by atoms with Gasteiger partial charge in [-0.05, 0) is 30.5 Å². The highest BCUT2D eigenvalue weighted by Gasteiger charge is 2.23. The Labute approximate surface area is 128 Å². The first-order valence-electron chi connectivity index (χ1n) is 7.01. The van der Waals surface area contributed by atoms with E-state index in [2.05, 4.69) is 44.3 Å². The second kappa shape index (κ2) is 5.66. The maximum absolute atomic E-state index is 11.5. The van der Waals surface area contributed by atoms with Crippen LogP contribution in [0.25, 0.3) is 0 Å². The van der Waals surface area contributed by atoms with Crippen LogP contribution in [0.3, 0.4) is 0 Å². The minimum Gasteiger partial charge on any atom is -0.369 e. The average Bonchev–Trinajstić information content (AvgIpc) is 3.21. The van der Waals surface area contributed by atoms with Gasteiger partial charge >= 0.3 is 0 Å². The summed E-state index contributed by atoms with van der Waals surface area (Å²) in [6.45, 7) is 2.07. The van der Waals surface area contributed by atoms with Crippen LogP contribution in [0.4, 0.5) is 5.69 Å². The summed E-state index contributed by atoms with van der Waals surface area (Å²) >= 11 is 3.62. The third-order valence-electron chi connectivity index (χ3n) is 3.90. The van der Waals surface area contributed by atoms with E-state index in [4.69, 9.17) is 0 Å². The fourth-order valence-corrected chi connectivity index (χ4v) is 4.10. The Morgan fingerprint density at radius 3 is 2.55 bits per heavy atom. The third-order valence-corrected chi connectivity index (χ3v) is 6.25. The second-order valence-corrected chi connectivity index (χ2v) is 8.73. The molecule has 1 aliphatic carbocycles. The zero-order chi connectivity index (χ0) is 14.2. The number of nitrogens with zero attached hydrogens (tertiary/aromatic N) is 1. The van der Waals surface area contributed by atoms with Gasteiger partial charge in [0.1, 0.15) is 0 Å². The number of halogens is 1. The Kier molecular flexibility index (Phi) is 4.06. The second-order valence-electron chi connectivity index (χ2n) is 5.57. The Morgan fingerprint density at radius 2 is 1.95 bits per heavy atom. The molecule has 4 nitrogen and oxygen atoms in total. The highest BCUT2D eigenvalue weighted by molar-refractivity contribution is 9.10. The Balaban J connectivity index is 1.66. The van der Waals surface area contributed by atoms with Crippen LogP contribution in [0, 0.1) is 0 Å². The number of sulfone groups is 1. The fourth-order valence-electron chi connectivity index (χ4n) is 2.39. The lowest BCUT2D eigenvalue weighted by Crippen LogP contribution is -2.40. The van der Waals surface area contributed by atoms with Crippen molar-refractivity contribution in [3.8, 4) is 0 Å². The smallest absolute Gasteiger partial charge is 0.153 e. The van der Waals surface area contributed by atoms with E-state index in [1.54, 1.807) is 0 Å². The molecule has 1 saturated carbocycles. The molecule has 2 fully saturated rings. The highest BCUT2D eigenvalue weighted by Crippen LogP contribution is 2.26. The summed E-state index contributed by atoms with van der Waals surface area (Å²) in [7, 11) is -2.82. The van der Waals surface area contributed by atoms with Gasteiger partial charge in [0.15, 0.2) is 9.84 Å². The van der Waals surface area contributed by atoms with Gasteiger partial charge in [0.05, 0.1) is 11.5 Å². The van der Waals surface area contributed by atoms with Gasteiger partial charge in [-0.25, -0.2) is 8.42 Å². The Hall–Kier alpha value is -0.590. The monoisotopic (exact) mass is 358 g/mol. The molecule has 1 aromatic rings. The van der Waals surface area contributed by atoms with E-state index in [0.29, 0.717) is 19.1 Å². The molecule has 0 atom stereocenters. The molecule has 0 aromatic heterocycles. The van der Waals surface area contributed by atoms with E-state index >= 15 is 0 Å². The molecular formula is C14H19BrN2O2S. The standard InChI is InChI=1S/C14H19BrN2O2S/c15-14-9-13(17-5-7-20(18,19)8-6-17)4-1-11(14)10-16-12-2-3-12/h1,4,9,12,16H,2-3,5-8,10H2. The summed E-state index contributed by atoms with van der Waals surface area (Å²) < 4.78 is 24.0. The molecule has 6 heteroatoms. The molecule has 1 heterocycles. The predicted octanol–water partition coefficient (Wildman–Crippen LogP) is 1.94. The van der Waals surface area contributed by atoms with Gasteiger partial charge in [0.25, 0.3) is 0 Å². The first kappa shape index (κ1) is 14.4. The maximum Gasteiger partial charge on any atom is 0.153 e. The van der Waals surface area contributed by atoms with Crippen LogP contribution in [0.15, 0.2) is 22.7 Å². The van der Waals surface area contributed by atoms with Crippen LogP contribution in [-0.4, -0.2) is 39.1 Å². The molecule has 110 valence electrons. The van der Waals surface area contributed by atoms with E-state index in [1.165, 1.54) is 18.4 Å². The van der Waals surface area contributed by atoms with Crippen molar-refractivity contribution in [2.45, 2.75) is 25.4 Å². The SMILES string of the molecule is O=S1(=O)CCN(c2ccc(CNC3CC3)c(Br)c2)CC1. The zero-order valence-corrected chi connectivity index (χ0v) is 13.7. The molecule has 0 radical (unpaired) electrons. The molecule has 0 spiro atoms. The molecule has 1 N–H and O–H groups in total. The Bertz CT molecular complexity index is 585. The van der Waals surface area contributed by atoms with Gasteiger partial charge < -0.3 is 10.2 Å². The molecule has 0 bridgehead atoms. The number of anilines is 1. The fraction of sp³-hybridized carbons (Fsp3) is 0.571. The highest BCUT2D eigenvalue weighted by atomic mass is 79.9. The summed E-state index contributed by atoms with van der Waals surface area (Å²) in [6, 6.07) is 7.01. The molecule has 20 heavy (non-hydrogen) atoms. The number of hydrogen-bond acceptors (Lipinski definition) is 4. The van der Waals surface area contributed by atoms with Crippen LogP contribution in [0.1, 0.15) is 18.4 Å². The lowest BCUT2D eigenvalue weighted by molar-refractivity contribution is 0.587. The van der Waals surface area contributed by atoms with Crippen molar-refractivity contribution in [1.82, 2.24) is 5.32 Å². The van der Waals surface area contributed by atoms with Crippen molar-refractivity contribution in [1.29, 1.82) is 0 Å². The minimum atomic E-state index is -2.82. The molecule has 1 aliphatic heterocycles. The van der Waals surface area contributed by atoms with E-state index in [1.807, 2.05) is 0 Å². The topological polar surface area (TPSA) is 49.4 Å². The lowest BCUT2D eigenvalue weighted by Gasteiger charge is -2.29. The molecular weight excluding hydrogens is 340 g/mol. The maximum atomic E-state index is 11.5. The minimum absolute atomic E-state index is 0.260. The molecule has 1 aromatic carbocycles.